The first-order chi connectivity index (χ1) is 7.99. The molecule has 0 radical (unpaired) electrons. The smallest absolute Gasteiger partial charge is 0.214 e. The van der Waals surface area contributed by atoms with Crippen molar-refractivity contribution in [2.45, 2.75) is 0 Å². The normalized spacial score (nSPS) is 10.5. The lowest BCUT2D eigenvalue weighted by molar-refractivity contribution is 0.102. The van der Waals surface area contributed by atoms with Crippen molar-refractivity contribution in [1.29, 1.82) is 0 Å². The summed E-state index contributed by atoms with van der Waals surface area (Å²) in [5.74, 6) is -0.237. The van der Waals surface area contributed by atoms with Gasteiger partial charge in [0.05, 0.1) is 0 Å². The standard InChI is InChI=1S/C10H8BrClN4O/c1-16-8(10(11)14-15-16)9(17)5-2-6(12)4-7(13)3-5/h2-4H,13H2,1H3. The van der Waals surface area contributed by atoms with Crippen LogP contribution in [0.25, 0.3) is 0 Å². The third-order valence-electron chi connectivity index (χ3n) is 2.18. The predicted octanol–water partition coefficient (Wildman–Crippen LogP) is 2.04. The first kappa shape index (κ1) is 12.1. The highest BCUT2D eigenvalue weighted by molar-refractivity contribution is 9.10. The molecule has 0 bridgehead atoms. The highest BCUT2D eigenvalue weighted by Gasteiger charge is 2.19. The minimum atomic E-state index is -0.237. The quantitative estimate of drug-likeness (QED) is 0.680. The molecular weight excluding hydrogens is 307 g/mol. The molecule has 88 valence electrons. The maximum Gasteiger partial charge on any atom is 0.214 e. The second-order valence-corrected chi connectivity index (χ2v) is 4.64. The number of anilines is 1. The largest absolute Gasteiger partial charge is 0.399 e. The molecule has 2 aromatic rings. The number of hydrogen-bond acceptors (Lipinski definition) is 4. The van der Waals surface area contributed by atoms with E-state index in [4.69, 9.17) is 17.3 Å². The molecule has 0 saturated carbocycles. The zero-order chi connectivity index (χ0) is 12.6. The van der Waals surface area contributed by atoms with Crippen LogP contribution in [0.5, 0.6) is 0 Å². The van der Waals surface area contributed by atoms with Crippen LogP contribution < -0.4 is 5.73 Å². The van der Waals surface area contributed by atoms with Crippen molar-refractivity contribution in [2.75, 3.05) is 5.73 Å². The fourth-order valence-electron chi connectivity index (χ4n) is 1.45. The molecule has 0 aliphatic heterocycles. The highest BCUT2D eigenvalue weighted by atomic mass is 79.9. The summed E-state index contributed by atoms with van der Waals surface area (Å²) in [6, 6.07) is 4.70. The Morgan fingerprint density at radius 1 is 1.47 bits per heavy atom. The van der Waals surface area contributed by atoms with Crippen molar-refractivity contribution in [3.05, 3.63) is 39.1 Å². The van der Waals surface area contributed by atoms with Crippen LogP contribution in [0.2, 0.25) is 5.02 Å². The summed E-state index contributed by atoms with van der Waals surface area (Å²) in [5.41, 5.74) is 6.83. The van der Waals surface area contributed by atoms with Crippen LogP contribution in [0.4, 0.5) is 5.69 Å². The van der Waals surface area contributed by atoms with E-state index in [2.05, 4.69) is 26.2 Å². The molecule has 0 aliphatic rings. The average molecular weight is 316 g/mol. The van der Waals surface area contributed by atoms with E-state index in [-0.39, 0.29) is 5.78 Å². The molecule has 1 heterocycles. The van der Waals surface area contributed by atoms with Crippen molar-refractivity contribution in [1.82, 2.24) is 15.0 Å². The summed E-state index contributed by atoms with van der Waals surface area (Å²) < 4.78 is 1.78. The fraction of sp³-hybridized carbons (Fsp3) is 0.100. The maximum absolute atomic E-state index is 12.2. The molecule has 7 heteroatoms. The molecule has 1 aromatic heterocycles. The number of aromatic nitrogens is 3. The Morgan fingerprint density at radius 3 is 2.71 bits per heavy atom. The van der Waals surface area contributed by atoms with E-state index in [9.17, 15) is 4.79 Å². The molecule has 0 unspecified atom stereocenters. The second-order valence-electron chi connectivity index (χ2n) is 3.45. The van der Waals surface area contributed by atoms with Gasteiger partial charge >= 0.3 is 0 Å². The second kappa shape index (κ2) is 4.46. The van der Waals surface area contributed by atoms with Crippen molar-refractivity contribution < 1.29 is 4.79 Å². The zero-order valence-electron chi connectivity index (χ0n) is 8.82. The van der Waals surface area contributed by atoms with Gasteiger partial charge in [0.2, 0.25) is 5.78 Å². The van der Waals surface area contributed by atoms with Crippen LogP contribution >= 0.6 is 27.5 Å². The van der Waals surface area contributed by atoms with Crippen LogP contribution in [-0.4, -0.2) is 20.8 Å². The van der Waals surface area contributed by atoms with Gasteiger partial charge in [-0.1, -0.05) is 16.8 Å². The van der Waals surface area contributed by atoms with E-state index < -0.39 is 0 Å². The molecule has 0 fully saturated rings. The van der Waals surface area contributed by atoms with Crippen molar-refractivity contribution in [3.8, 4) is 0 Å². The van der Waals surface area contributed by atoms with E-state index in [0.29, 0.717) is 26.6 Å². The lowest BCUT2D eigenvalue weighted by atomic mass is 10.1. The number of ketones is 1. The molecule has 0 saturated heterocycles. The number of nitrogens with two attached hydrogens (primary N) is 1. The molecule has 0 spiro atoms. The molecule has 2 N–H and O–H groups in total. The van der Waals surface area contributed by atoms with Crippen LogP contribution in [-0.2, 0) is 7.05 Å². The van der Waals surface area contributed by atoms with Crippen LogP contribution in [0, 0.1) is 0 Å². The number of benzene rings is 1. The maximum atomic E-state index is 12.2. The van der Waals surface area contributed by atoms with Gasteiger partial charge in [-0.3, -0.25) is 4.79 Å². The molecule has 5 nitrogen and oxygen atoms in total. The van der Waals surface area contributed by atoms with E-state index in [1.54, 1.807) is 25.2 Å². The van der Waals surface area contributed by atoms with Crippen molar-refractivity contribution in [3.63, 3.8) is 0 Å². The third kappa shape index (κ3) is 2.32. The minimum Gasteiger partial charge on any atom is -0.399 e. The average Bonchev–Trinajstić information content (AvgIpc) is 2.56. The Kier molecular flexibility index (Phi) is 3.17. The molecule has 0 amide bonds. The van der Waals surface area contributed by atoms with Gasteiger partial charge in [-0.15, -0.1) is 5.10 Å². The number of carbonyl (C=O) groups excluding carboxylic acids is 1. The number of aryl methyl sites for hydroxylation is 1. The lowest BCUT2D eigenvalue weighted by Gasteiger charge is -2.03. The summed E-state index contributed by atoms with van der Waals surface area (Å²) in [4.78, 5) is 12.2. The SMILES string of the molecule is Cn1nnc(Br)c1C(=O)c1cc(N)cc(Cl)c1. The summed E-state index contributed by atoms with van der Waals surface area (Å²) in [6.45, 7) is 0. The molecule has 0 atom stereocenters. The van der Waals surface area contributed by atoms with Gasteiger partial charge in [-0.25, -0.2) is 4.68 Å². The Hall–Kier alpha value is -1.40. The Bertz CT molecular complexity index is 556. The zero-order valence-corrected chi connectivity index (χ0v) is 11.2. The van der Waals surface area contributed by atoms with Crippen molar-refractivity contribution >= 4 is 39.0 Å². The van der Waals surface area contributed by atoms with Gasteiger partial charge in [0.1, 0.15) is 5.69 Å². The summed E-state index contributed by atoms with van der Waals surface area (Å²) in [5, 5.41) is 7.91. The van der Waals surface area contributed by atoms with Gasteiger partial charge < -0.3 is 5.73 Å². The number of hydrogen-bond donors (Lipinski definition) is 1. The van der Waals surface area contributed by atoms with E-state index in [1.807, 2.05) is 0 Å². The fourth-order valence-corrected chi connectivity index (χ4v) is 2.20. The number of carbonyl (C=O) groups is 1. The monoisotopic (exact) mass is 314 g/mol. The lowest BCUT2D eigenvalue weighted by Crippen LogP contribution is -2.09. The van der Waals surface area contributed by atoms with Gasteiger partial charge in [-0.05, 0) is 34.1 Å². The number of halogens is 2. The molecule has 1 aromatic carbocycles. The van der Waals surface area contributed by atoms with E-state index in [1.165, 1.54) is 4.68 Å². The van der Waals surface area contributed by atoms with Crippen molar-refractivity contribution in [2.24, 2.45) is 7.05 Å². The third-order valence-corrected chi connectivity index (χ3v) is 2.94. The minimum absolute atomic E-state index is 0.237. The van der Waals surface area contributed by atoms with Gasteiger partial charge in [0.25, 0.3) is 0 Å². The predicted molar refractivity (Wildman–Crippen MR) is 68.0 cm³/mol. The Balaban J connectivity index is 2.51. The molecule has 2 rings (SSSR count). The van der Waals surface area contributed by atoms with Gasteiger partial charge in [0.15, 0.2) is 4.60 Å². The first-order valence-electron chi connectivity index (χ1n) is 4.65. The molecule has 0 aliphatic carbocycles. The number of nitrogens with zero attached hydrogens (tertiary/aromatic N) is 3. The Labute approximate surface area is 111 Å². The highest BCUT2D eigenvalue weighted by Crippen LogP contribution is 2.21. The van der Waals surface area contributed by atoms with Gasteiger partial charge in [-0.2, -0.15) is 0 Å². The topological polar surface area (TPSA) is 73.8 Å². The van der Waals surface area contributed by atoms with Crippen LogP contribution in [0.15, 0.2) is 22.8 Å². The van der Waals surface area contributed by atoms with E-state index >= 15 is 0 Å². The summed E-state index contributed by atoms with van der Waals surface area (Å²) in [7, 11) is 1.64. The summed E-state index contributed by atoms with van der Waals surface area (Å²) >= 11 is 9.03. The molecular formula is C10H8BrClN4O. The van der Waals surface area contributed by atoms with Crippen LogP contribution in [0.3, 0.4) is 0 Å². The Morgan fingerprint density at radius 2 is 2.18 bits per heavy atom. The van der Waals surface area contributed by atoms with Gasteiger partial charge in [0, 0.05) is 23.3 Å². The number of nitrogen functional groups attached to an aromatic ring is 1. The summed E-state index contributed by atoms with van der Waals surface area (Å²) in [6.07, 6.45) is 0. The first-order valence-corrected chi connectivity index (χ1v) is 5.82. The van der Waals surface area contributed by atoms with Crippen LogP contribution in [0.1, 0.15) is 16.1 Å². The number of rotatable bonds is 2. The molecule has 17 heavy (non-hydrogen) atoms. The van der Waals surface area contributed by atoms with E-state index in [0.717, 1.165) is 0 Å².